The molecule has 4 nitrogen and oxygen atoms in total. The molecule has 1 N–H and O–H groups in total. The number of methoxy groups -OCH3 is 1. The Morgan fingerprint density at radius 1 is 1.15 bits per heavy atom. The zero-order valence-corrected chi connectivity index (χ0v) is 12.3. The molecule has 0 saturated heterocycles. The van der Waals surface area contributed by atoms with Gasteiger partial charge in [0.05, 0.1) is 18.8 Å². The molecule has 4 heteroatoms. The summed E-state index contributed by atoms with van der Waals surface area (Å²) in [6.45, 7) is 5.35. The second-order valence-corrected chi connectivity index (χ2v) is 4.84. The van der Waals surface area contributed by atoms with Crippen molar-refractivity contribution < 1.29 is 4.74 Å². The molecule has 1 aromatic heterocycles. The standard InChI is InChI=1S/C16H23N3O/c1-3-14-4-6-15(7-5-14)13-19-10-8-16(18-19)12-17-9-11-20-2/h4-8,10,17H,3,9,11-13H2,1-2H3. The summed E-state index contributed by atoms with van der Waals surface area (Å²) in [5, 5.41) is 7.85. The number of rotatable bonds is 8. The Morgan fingerprint density at radius 3 is 2.60 bits per heavy atom. The third-order valence-corrected chi connectivity index (χ3v) is 3.26. The van der Waals surface area contributed by atoms with Crippen molar-refractivity contribution in [1.82, 2.24) is 15.1 Å². The number of ether oxygens (including phenoxy) is 1. The molecule has 0 saturated carbocycles. The van der Waals surface area contributed by atoms with Crippen LogP contribution in [0.5, 0.6) is 0 Å². The van der Waals surface area contributed by atoms with Crippen LogP contribution in [0.2, 0.25) is 0 Å². The summed E-state index contributed by atoms with van der Waals surface area (Å²) in [4.78, 5) is 0. The molecule has 0 amide bonds. The SMILES string of the molecule is CCc1ccc(Cn2ccc(CNCCOC)n2)cc1. The Labute approximate surface area is 120 Å². The third kappa shape index (κ3) is 4.47. The number of aryl methyl sites for hydroxylation is 1. The molecule has 108 valence electrons. The number of aromatic nitrogens is 2. The van der Waals surface area contributed by atoms with Gasteiger partial charge in [0.15, 0.2) is 0 Å². The Morgan fingerprint density at radius 2 is 1.90 bits per heavy atom. The van der Waals surface area contributed by atoms with Crippen LogP contribution in [-0.4, -0.2) is 30.0 Å². The van der Waals surface area contributed by atoms with Crippen molar-refractivity contribution >= 4 is 0 Å². The van der Waals surface area contributed by atoms with Gasteiger partial charge in [-0.25, -0.2) is 0 Å². The van der Waals surface area contributed by atoms with E-state index in [1.807, 2.05) is 10.9 Å². The zero-order chi connectivity index (χ0) is 14.2. The Kier molecular flexibility index (Phi) is 5.77. The monoisotopic (exact) mass is 273 g/mol. The lowest BCUT2D eigenvalue weighted by atomic mass is 10.1. The Balaban J connectivity index is 1.85. The summed E-state index contributed by atoms with van der Waals surface area (Å²) in [5.41, 5.74) is 3.72. The fourth-order valence-corrected chi connectivity index (χ4v) is 2.04. The minimum absolute atomic E-state index is 0.727. The van der Waals surface area contributed by atoms with E-state index >= 15 is 0 Å². The maximum absolute atomic E-state index is 4.99. The molecule has 1 heterocycles. The number of nitrogens with zero attached hydrogens (tertiary/aromatic N) is 2. The highest BCUT2D eigenvalue weighted by Crippen LogP contribution is 2.07. The quantitative estimate of drug-likeness (QED) is 0.750. The van der Waals surface area contributed by atoms with Crippen molar-refractivity contribution in [2.75, 3.05) is 20.3 Å². The van der Waals surface area contributed by atoms with Crippen molar-refractivity contribution in [2.24, 2.45) is 0 Å². The first kappa shape index (κ1) is 14.8. The second-order valence-electron chi connectivity index (χ2n) is 4.84. The van der Waals surface area contributed by atoms with Crippen LogP contribution in [0.3, 0.4) is 0 Å². The molecule has 20 heavy (non-hydrogen) atoms. The summed E-state index contributed by atoms with van der Waals surface area (Å²) in [5.74, 6) is 0. The summed E-state index contributed by atoms with van der Waals surface area (Å²) < 4.78 is 6.98. The first-order chi connectivity index (χ1) is 9.81. The molecular formula is C16H23N3O. The maximum Gasteiger partial charge on any atom is 0.0762 e. The van der Waals surface area contributed by atoms with Gasteiger partial charge in [-0.15, -0.1) is 0 Å². The van der Waals surface area contributed by atoms with Gasteiger partial charge in [-0.3, -0.25) is 4.68 Å². The highest BCUT2D eigenvalue weighted by atomic mass is 16.5. The molecule has 1 aromatic carbocycles. The predicted molar refractivity (Wildman–Crippen MR) is 80.7 cm³/mol. The minimum Gasteiger partial charge on any atom is -0.383 e. The highest BCUT2D eigenvalue weighted by Gasteiger charge is 2.00. The van der Waals surface area contributed by atoms with Gasteiger partial charge in [0, 0.05) is 26.4 Å². The molecule has 0 aliphatic heterocycles. The second kappa shape index (κ2) is 7.82. The average molecular weight is 273 g/mol. The molecule has 0 atom stereocenters. The molecule has 0 fully saturated rings. The molecule has 0 aliphatic carbocycles. The third-order valence-electron chi connectivity index (χ3n) is 3.26. The molecule has 0 radical (unpaired) electrons. The van der Waals surface area contributed by atoms with Gasteiger partial charge >= 0.3 is 0 Å². The first-order valence-electron chi connectivity index (χ1n) is 7.11. The van der Waals surface area contributed by atoms with Crippen molar-refractivity contribution in [1.29, 1.82) is 0 Å². The minimum atomic E-state index is 0.727. The maximum atomic E-state index is 4.99. The normalized spacial score (nSPS) is 10.9. The Bertz CT molecular complexity index is 505. The fourth-order valence-electron chi connectivity index (χ4n) is 2.04. The van der Waals surface area contributed by atoms with Crippen LogP contribution in [-0.2, 0) is 24.2 Å². The topological polar surface area (TPSA) is 39.1 Å². The number of hydrogen-bond donors (Lipinski definition) is 1. The van der Waals surface area contributed by atoms with Crippen LogP contribution in [0.25, 0.3) is 0 Å². The van der Waals surface area contributed by atoms with E-state index in [-0.39, 0.29) is 0 Å². The highest BCUT2D eigenvalue weighted by molar-refractivity contribution is 5.22. The predicted octanol–water partition coefficient (Wildman–Crippen LogP) is 2.23. The van der Waals surface area contributed by atoms with Crippen LogP contribution in [0.1, 0.15) is 23.7 Å². The molecule has 0 spiro atoms. The van der Waals surface area contributed by atoms with Crippen molar-refractivity contribution in [3.8, 4) is 0 Å². The van der Waals surface area contributed by atoms with E-state index in [1.165, 1.54) is 11.1 Å². The van der Waals surface area contributed by atoms with E-state index in [0.29, 0.717) is 0 Å². The van der Waals surface area contributed by atoms with E-state index in [0.717, 1.165) is 38.4 Å². The number of hydrogen-bond acceptors (Lipinski definition) is 3. The molecule has 2 aromatic rings. The van der Waals surface area contributed by atoms with Gasteiger partial charge in [-0.2, -0.15) is 5.10 Å². The lowest BCUT2D eigenvalue weighted by Crippen LogP contribution is -2.19. The van der Waals surface area contributed by atoms with Gasteiger partial charge in [-0.1, -0.05) is 31.2 Å². The summed E-state index contributed by atoms with van der Waals surface area (Å²) in [6, 6.07) is 10.8. The smallest absolute Gasteiger partial charge is 0.0762 e. The van der Waals surface area contributed by atoms with Gasteiger partial charge in [0.2, 0.25) is 0 Å². The number of benzene rings is 1. The molecule has 0 aliphatic rings. The van der Waals surface area contributed by atoms with Crippen molar-refractivity contribution in [2.45, 2.75) is 26.4 Å². The van der Waals surface area contributed by atoms with Crippen LogP contribution in [0.4, 0.5) is 0 Å². The van der Waals surface area contributed by atoms with Crippen LogP contribution < -0.4 is 5.32 Å². The summed E-state index contributed by atoms with van der Waals surface area (Å²) >= 11 is 0. The Hall–Kier alpha value is -1.65. The van der Waals surface area contributed by atoms with Gasteiger partial charge in [-0.05, 0) is 23.6 Å². The first-order valence-corrected chi connectivity index (χ1v) is 7.11. The summed E-state index contributed by atoms with van der Waals surface area (Å²) in [7, 11) is 1.71. The lowest BCUT2D eigenvalue weighted by Gasteiger charge is -2.04. The molecule has 2 rings (SSSR count). The lowest BCUT2D eigenvalue weighted by molar-refractivity contribution is 0.199. The largest absolute Gasteiger partial charge is 0.383 e. The van der Waals surface area contributed by atoms with E-state index in [1.54, 1.807) is 7.11 Å². The van der Waals surface area contributed by atoms with E-state index in [4.69, 9.17) is 4.74 Å². The molecule has 0 bridgehead atoms. The van der Waals surface area contributed by atoms with Crippen LogP contribution in [0.15, 0.2) is 36.5 Å². The summed E-state index contributed by atoms with van der Waals surface area (Å²) in [6.07, 6.45) is 3.11. The van der Waals surface area contributed by atoms with Gasteiger partial charge in [0.1, 0.15) is 0 Å². The van der Waals surface area contributed by atoms with E-state index in [9.17, 15) is 0 Å². The van der Waals surface area contributed by atoms with Gasteiger partial charge in [0.25, 0.3) is 0 Å². The number of nitrogens with one attached hydrogen (secondary N) is 1. The van der Waals surface area contributed by atoms with Gasteiger partial charge < -0.3 is 10.1 Å². The fraction of sp³-hybridized carbons (Fsp3) is 0.438. The van der Waals surface area contributed by atoms with Crippen LogP contribution in [0, 0.1) is 0 Å². The molecular weight excluding hydrogens is 250 g/mol. The van der Waals surface area contributed by atoms with E-state index < -0.39 is 0 Å². The van der Waals surface area contributed by atoms with Crippen molar-refractivity contribution in [3.05, 3.63) is 53.3 Å². The van der Waals surface area contributed by atoms with Crippen molar-refractivity contribution in [3.63, 3.8) is 0 Å². The van der Waals surface area contributed by atoms with E-state index in [2.05, 4.69) is 47.7 Å². The molecule has 0 unspecified atom stereocenters. The average Bonchev–Trinajstić information content (AvgIpc) is 2.92. The zero-order valence-electron chi connectivity index (χ0n) is 12.3. The van der Waals surface area contributed by atoms with Crippen LogP contribution >= 0.6 is 0 Å².